The number of ether oxygens (including phenoxy) is 2. The third-order valence-corrected chi connectivity index (χ3v) is 4.49. The highest BCUT2D eigenvalue weighted by Crippen LogP contribution is 2.35. The van der Waals surface area contributed by atoms with Crippen molar-refractivity contribution in [2.45, 2.75) is 31.5 Å². The van der Waals surface area contributed by atoms with Crippen molar-refractivity contribution in [3.8, 4) is 0 Å². The number of pyridine rings is 1. The highest BCUT2D eigenvalue weighted by Gasteiger charge is 2.42. The molecule has 1 aliphatic carbocycles. The molecule has 3 atom stereocenters. The second kappa shape index (κ2) is 7.16. The monoisotopic (exact) mass is 288 g/mol. The molecule has 1 saturated heterocycles. The van der Waals surface area contributed by atoms with Gasteiger partial charge in [-0.25, -0.2) is 0 Å². The van der Waals surface area contributed by atoms with Gasteiger partial charge in [-0.2, -0.15) is 0 Å². The summed E-state index contributed by atoms with van der Waals surface area (Å²) in [5.74, 6) is 0.515. The predicted molar refractivity (Wildman–Crippen MR) is 81.9 cm³/mol. The van der Waals surface area contributed by atoms with Gasteiger partial charge in [-0.3, -0.25) is 9.88 Å². The number of hydrogen-bond donors (Lipinski definition) is 0. The number of rotatable bonds is 6. The highest BCUT2D eigenvalue weighted by molar-refractivity contribution is 5.05. The molecule has 0 aromatic carbocycles. The van der Waals surface area contributed by atoms with Crippen molar-refractivity contribution in [1.29, 1.82) is 0 Å². The van der Waals surface area contributed by atoms with Gasteiger partial charge >= 0.3 is 0 Å². The SMILES string of the molecule is C=CCOCC1CCC2C1OCCN2Cc1ccccn1. The normalized spacial score (nSPS) is 29.2. The fourth-order valence-electron chi connectivity index (χ4n) is 3.51. The number of nitrogens with zero attached hydrogens (tertiary/aromatic N) is 2. The molecule has 1 saturated carbocycles. The first kappa shape index (κ1) is 14.7. The van der Waals surface area contributed by atoms with Gasteiger partial charge in [0.25, 0.3) is 0 Å². The van der Waals surface area contributed by atoms with E-state index < -0.39 is 0 Å². The Balaban J connectivity index is 1.59. The molecule has 2 heterocycles. The molecule has 0 amide bonds. The Morgan fingerprint density at radius 2 is 2.38 bits per heavy atom. The van der Waals surface area contributed by atoms with Crippen LogP contribution in [0.2, 0.25) is 0 Å². The lowest BCUT2D eigenvalue weighted by Crippen LogP contribution is -2.50. The van der Waals surface area contributed by atoms with E-state index in [0.29, 0.717) is 24.7 Å². The van der Waals surface area contributed by atoms with Crippen molar-refractivity contribution in [2.24, 2.45) is 5.92 Å². The first-order valence-corrected chi connectivity index (χ1v) is 7.82. The van der Waals surface area contributed by atoms with Crippen LogP contribution in [0, 0.1) is 5.92 Å². The summed E-state index contributed by atoms with van der Waals surface area (Å²) >= 11 is 0. The fourth-order valence-corrected chi connectivity index (χ4v) is 3.51. The Bertz CT molecular complexity index is 451. The maximum absolute atomic E-state index is 6.05. The minimum Gasteiger partial charge on any atom is -0.377 e. The van der Waals surface area contributed by atoms with Crippen LogP contribution in [0.25, 0.3) is 0 Å². The van der Waals surface area contributed by atoms with Gasteiger partial charge in [0, 0.05) is 31.2 Å². The summed E-state index contributed by atoms with van der Waals surface area (Å²) in [4.78, 5) is 6.98. The molecule has 4 heteroatoms. The van der Waals surface area contributed by atoms with Crippen LogP contribution in [0.3, 0.4) is 0 Å². The van der Waals surface area contributed by atoms with Gasteiger partial charge in [0.05, 0.1) is 31.6 Å². The molecule has 0 radical (unpaired) electrons. The van der Waals surface area contributed by atoms with E-state index in [0.717, 1.165) is 32.0 Å². The third-order valence-electron chi connectivity index (χ3n) is 4.49. The fraction of sp³-hybridized carbons (Fsp3) is 0.588. The van der Waals surface area contributed by atoms with Crippen LogP contribution in [0.15, 0.2) is 37.1 Å². The number of aromatic nitrogens is 1. The van der Waals surface area contributed by atoms with Gasteiger partial charge in [-0.05, 0) is 25.0 Å². The maximum Gasteiger partial charge on any atom is 0.0781 e. The van der Waals surface area contributed by atoms with Crippen LogP contribution in [0.5, 0.6) is 0 Å². The van der Waals surface area contributed by atoms with E-state index >= 15 is 0 Å². The van der Waals surface area contributed by atoms with Gasteiger partial charge in [-0.1, -0.05) is 12.1 Å². The topological polar surface area (TPSA) is 34.6 Å². The van der Waals surface area contributed by atoms with Crippen LogP contribution in [-0.4, -0.2) is 48.4 Å². The lowest BCUT2D eigenvalue weighted by atomic mass is 10.0. The summed E-state index contributed by atoms with van der Waals surface area (Å²) in [5, 5.41) is 0. The van der Waals surface area contributed by atoms with E-state index in [-0.39, 0.29) is 0 Å². The van der Waals surface area contributed by atoms with E-state index in [4.69, 9.17) is 9.47 Å². The molecule has 1 aliphatic heterocycles. The minimum absolute atomic E-state index is 0.312. The molecule has 0 N–H and O–H groups in total. The zero-order valence-corrected chi connectivity index (χ0v) is 12.5. The van der Waals surface area contributed by atoms with Crippen molar-refractivity contribution >= 4 is 0 Å². The molecule has 1 aromatic rings. The molecule has 1 aromatic heterocycles. The Hall–Kier alpha value is -1.23. The molecule has 2 aliphatic rings. The Kier molecular flexibility index (Phi) is 5.01. The number of fused-ring (bicyclic) bond motifs is 1. The quantitative estimate of drug-likeness (QED) is 0.594. The van der Waals surface area contributed by atoms with Crippen molar-refractivity contribution in [1.82, 2.24) is 9.88 Å². The molecule has 21 heavy (non-hydrogen) atoms. The molecular weight excluding hydrogens is 264 g/mol. The van der Waals surface area contributed by atoms with Crippen LogP contribution < -0.4 is 0 Å². The second-order valence-electron chi connectivity index (χ2n) is 5.86. The van der Waals surface area contributed by atoms with Crippen LogP contribution >= 0.6 is 0 Å². The predicted octanol–water partition coefficient (Wildman–Crippen LogP) is 2.26. The molecule has 3 unspecified atom stereocenters. The lowest BCUT2D eigenvalue weighted by Gasteiger charge is -2.39. The van der Waals surface area contributed by atoms with Crippen molar-refractivity contribution < 1.29 is 9.47 Å². The summed E-state index contributed by atoms with van der Waals surface area (Å²) < 4.78 is 11.7. The smallest absolute Gasteiger partial charge is 0.0781 e. The molecular formula is C17H24N2O2. The van der Waals surface area contributed by atoms with Crippen molar-refractivity contribution in [3.63, 3.8) is 0 Å². The summed E-state index contributed by atoms with van der Waals surface area (Å²) in [5.41, 5.74) is 1.14. The lowest BCUT2D eigenvalue weighted by molar-refractivity contribution is -0.0871. The third kappa shape index (κ3) is 3.51. The van der Waals surface area contributed by atoms with Crippen LogP contribution in [0.1, 0.15) is 18.5 Å². The molecule has 0 spiro atoms. The van der Waals surface area contributed by atoms with Crippen LogP contribution in [0.4, 0.5) is 0 Å². The summed E-state index contributed by atoms with van der Waals surface area (Å²) in [6, 6.07) is 6.64. The summed E-state index contributed by atoms with van der Waals surface area (Å²) in [6.07, 6.45) is 6.37. The first-order chi connectivity index (χ1) is 10.4. The minimum atomic E-state index is 0.312. The van der Waals surface area contributed by atoms with E-state index in [1.165, 1.54) is 12.8 Å². The largest absolute Gasteiger partial charge is 0.377 e. The van der Waals surface area contributed by atoms with Gasteiger partial charge in [0.2, 0.25) is 0 Å². The molecule has 114 valence electrons. The molecule has 3 rings (SSSR count). The maximum atomic E-state index is 6.05. The zero-order chi connectivity index (χ0) is 14.5. The first-order valence-electron chi connectivity index (χ1n) is 7.82. The van der Waals surface area contributed by atoms with Crippen molar-refractivity contribution in [2.75, 3.05) is 26.4 Å². The Morgan fingerprint density at radius 1 is 1.43 bits per heavy atom. The Labute approximate surface area is 126 Å². The summed E-state index contributed by atoms with van der Waals surface area (Å²) in [6.45, 7) is 7.84. The standard InChI is InChI=1S/C17H24N2O2/c1-2-10-20-13-14-6-7-16-17(14)21-11-9-19(16)12-15-5-3-4-8-18-15/h2-5,8,14,16-17H,1,6-7,9-13H2. The van der Waals surface area contributed by atoms with E-state index in [2.05, 4.69) is 28.6 Å². The molecule has 0 bridgehead atoms. The van der Waals surface area contributed by atoms with Gasteiger partial charge in [0.1, 0.15) is 0 Å². The average Bonchev–Trinajstić information content (AvgIpc) is 2.93. The van der Waals surface area contributed by atoms with Crippen LogP contribution in [-0.2, 0) is 16.0 Å². The number of hydrogen-bond acceptors (Lipinski definition) is 4. The Morgan fingerprint density at radius 3 is 3.19 bits per heavy atom. The molecule has 2 fully saturated rings. The highest BCUT2D eigenvalue weighted by atomic mass is 16.5. The average molecular weight is 288 g/mol. The zero-order valence-electron chi connectivity index (χ0n) is 12.5. The van der Waals surface area contributed by atoms with Crippen molar-refractivity contribution in [3.05, 3.63) is 42.7 Å². The van der Waals surface area contributed by atoms with E-state index in [9.17, 15) is 0 Å². The van der Waals surface area contributed by atoms with E-state index in [1.807, 2.05) is 18.3 Å². The van der Waals surface area contributed by atoms with E-state index in [1.54, 1.807) is 0 Å². The molecule has 4 nitrogen and oxygen atoms in total. The number of morpholine rings is 1. The second-order valence-corrected chi connectivity index (χ2v) is 5.86. The van der Waals surface area contributed by atoms with Gasteiger partial charge in [0.15, 0.2) is 0 Å². The summed E-state index contributed by atoms with van der Waals surface area (Å²) in [7, 11) is 0. The van der Waals surface area contributed by atoms with Gasteiger partial charge < -0.3 is 9.47 Å². The van der Waals surface area contributed by atoms with Gasteiger partial charge in [-0.15, -0.1) is 6.58 Å².